The van der Waals surface area contributed by atoms with Gasteiger partial charge in [-0.05, 0) is 243 Å². The molecule has 0 bridgehead atoms. The fourth-order valence-electron chi connectivity index (χ4n) is 19.7. The Labute approximate surface area is 431 Å². The van der Waals surface area contributed by atoms with Crippen LogP contribution in [0.1, 0.15) is 233 Å². The molecule has 0 spiro atoms. The SMILES string of the molecule is COc1ccc([C@H]2CC[C@@]3(C)C(=CC[C@H]4[C@@H]5CC[C@H]([C@H](C)CCCC(C)C)[C@@]5(C)CC[C@@H]43)C2)cc1.COc1ccc([C@H]2CC[C@@]3(C)C(=CC[C@H]4[C@@H]5CC[C@H]([C@H](C)CCCC(C)C)[C@@]5(C)CC[C@@H]43)C2)cc1. The van der Waals surface area contributed by atoms with Crippen molar-refractivity contribution in [2.75, 3.05) is 14.2 Å². The van der Waals surface area contributed by atoms with Gasteiger partial charge in [-0.2, -0.15) is 0 Å². The molecule has 0 aliphatic heterocycles. The fraction of sp³-hybridized carbons (Fsp3) is 0.765. The highest BCUT2D eigenvalue weighted by Gasteiger charge is 2.61. The molecular formula is C68H104O2. The van der Waals surface area contributed by atoms with E-state index in [1.165, 1.54) is 152 Å². The molecule has 8 aliphatic rings. The molecule has 8 aliphatic carbocycles. The van der Waals surface area contributed by atoms with Crippen LogP contribution in [0.4, 0.5) is 0 Å². The van der Waals surface area contributed by atoms with Crippen molar-refractivity contribution in [3.05, 3.63) is 83.0 Å². The Bertz CT molecular complexity index is 1940. The van der Waals surface area contributed by atoms with Crippen LogP contribution in [0.5, 0.6) is 11.5 Å². The summed E-state index contributed by atoms with van der Waals surface area (Å²) in [6.45, 7) is 25.5. The largest absolute Gasteiger partial charge is 0.497 e. The van der Waals surface area contributed by atoms with Gasteiger partial charge in [0, 0.05) is 0 Å². The van der Waals surface area contributed by atoms with Gasteiger partial charge in [-0.15, -0.1) is 0 Å². The van der Waals surface area contributed by atoms with Gasteiger partial charge in [0.2, 0.25) is 0 Å². The van der Waals surface area contributed by atoms with Crippen molar-refractivity contribution in [1.82, 2.24) is 0 Å². The summed E-state index contributed by atoms with van der Waals surface area (Å²) >= 11 is 0. The third kappa shape index (κ3) is 9.96. The van der Waals surface area contributed by atoms with E-state index in [1.807, 2.05) is 11.1 Å². The molecule has 388 valence electrons. The molecule has 10 rings (SSSR count). The monoisotopic (exact) mass is 953 g/mol. The van der Waals surface area contributed by atoms with Crippen LogP contribution in [-0.2, 0) is 0 Å². The molecule has 2 aromatic rings. The Balaban J connectivity index is 0.000000174. The molecule has 0 aromatic heterocycles. The van der Waals surface area contributed by atoms with E-state index in [9.17, 15) is 0 Å². The molecule has 0 saturated heterocycles. The first kappa shape index (κ1) is 52.4. The Hall–Kier alpha value is -2.48. The molecule has 0 N–H and O–H groups in total. The van der Waals surface area contributed by atoms with Crippen LogP contribution in [0, 0.1) is 92.7 Å². The highest BCUT2D eigenvalue weighted by Crippen LogP contribution is 2.70. The Kier molecular flexibility index (Phi) is 16.0. The second kappa shape index (κ2) is 21.4. The van der Waals surface area contributed by atoms with Crippen LogP contribution >= 0.6 is 0 Å². The summed E-state index contributed by atoms with van der Waals surface area (Å²) in [4.78, 5) is 0. The van der Waals surface area contributed by atoms with Crippen molar-refractivity contribution in [3.63, 3.8) is 0 Å². The van der Waals surface area contributed by atoms with Crippen LogP contribution in [-0.4, -0.2) is 14.2 Å². The predicted octanol–water partition coefficient (Wildman–Crippen LogP) is 19.6. The van der Waals surface area contributed by atoms with Crippen molar-refractivity contribution in [3.8, 4) is 11.5 Å². The second-order valence-corrected chi connectivity index (χ2v) is 28.0. The lowest BCUT2D eigenvalue weighted by atomic mass is 9.46. The van der Waals surface area contributed by atoms with E-state index in [2.05, 4.69) is 130 Å². The number of methoxy groups -OCH3 is 2. The first-order chi connectivity index (χ1) is 33.5. The van der Waals surface area contributed by atoms with Gasteiger partial charge in [0.1, 0.15) is 11.5 Å². The van der Waals surface area contributed by atoms with Gasteiger partial charge in [-0.3, -0.25) is 0 Å². The molecule has 2 aromatic carbocycles. The normalized spacial score (nSPS) is 39.4. The molecule has 2 heteroatoms. The lowest BCUT2D eigenvalue weighted by molar-refractivity contribution is -0.0510. The van der Waals surface area contributed by atoms with Crippen molar-refractivity contribution >= 4 is 0 Å². The number of ether oxygens (including phenoxy) is 2. The first-order valence-corrected chi connectivity index (χ1v) is 30.2. The van der Waals surface area contributed by atoms with Crippen LogP contribution in [0.2, 0.25) is 0 Å². The van der Waals surface area contributed by atoms with E-state index in [-0.39, 0.29) is 0 Å². The van der Waals surface area contributed by atoms with Gasteiger partial charge >= 0.3 is 0 Å². The Morgan fingerprint density at radius 1 is 0.457 bits per heavy atom. The van der Waals surface area contributed by atoms with Gasteiger partial charge in [0.15, 0.2) is 0 Å². The van der Waals surface area contributed by atoms with Crippen molar-refractivity contribution in [2.45, 2.75) is 222 Å². The summed E-state index contributed by atoms with van der Waals surface area (Å²) in [5.74, 6) is 14.4. The average Bonchev–Trinajstić information content (AvgIpc) is 3.90. The van der Waals surface area contributed by atoms with Crippen molar-refractivity contribution in [2.24, 2.45) is 92.7 Å². The lowest BCUT2D eigenvalue weighted by Gasteiger charge is -2.58. The minimum absolute atomic E-state index is 0.453. The Morgan fingerprint density at radius 2 is 0.843 bits per heavy atom. The van der Waals surface area contributed by atoms with E-state index in [4.69, 9.17) is 9.47 Å². The fourth-order valence-corrected chi connectivity index (χ4v) is 19.7. The zero-order valence-electron chi connectivity index (χ0n) is 47.2. The topological polar surface area (TPSA) is 18.5 Å². The van der Waals surface area contributed by atoms with Crippen LogP contribution < -0.4 is 9.47 Å². The molecule has 2 nitrogen and oxygen atoms in total. The molecule has 6 fully saturated rings. The average molecular weight is 954 g/mol. The standard InChI is InChI=1S/2C34H52O/c2*1-23(2)8-7-9-24(3)30-16-17-31-29-15-12-27-22-26(25-10-13-28(35-6)14-11-25)18-20-33(27,4)32(29)19-21-34(30,31)5/h2*10-14,23-24,26,29-32H,7-9,15-22H2,1-6H3/t2*24-,26+,29+,30-,31+,32+,33+,34-/m11/s1. The minimum Gasteiger partial charge on any atom is -0.497 e. The number of benzene rings is 2. The highest BCUT2D eigenvalue weighted by molar-refractivity contribution is 5.36. The predicted molar refractivity (Wildman–Crippen MR) is 298 cm³/mol. The summed E-state index contributed by atoms with van der Waals surface area (Å²) in [5.41, 5.74) is 8.75. The summed E-state index contributed by atoms with van der Waals surface area (Å²) in [6.07, 6.45) is 36.8. The summed E-state index contributed by atoms with van der Waals surface area (Å²) in [7, 11) is 3.53. The molecule has 6 saturated carbocycles. The van der Waals surface area contributed by atoms with E-state index in [1.54, 1.807) is 14.2 Å². The third-order valence-corrected chi connectivity index (χ3v) is 23.8. The van der Waals surface area contributed by atoms with Crippen molar-refractivity contribution in [1.29, 1.82) is 0 Å². The third-order valence-electron chi connectivity index (χ3n) is 23.8. The van der Waals surface area contributed by atoms with E-state index < -0.39 is 0 Å². The van der Waals surface area contributed by atoms with Gasteiger partial charge in [0.25, 0.3) is 0 Å². The molecule has 0 heterocycles. The van der Waals surface area contributed by atoms with Crippen LogP contribution in [0.15, 0.2) is 71.8 Å². The second-order valence-electron chi connectivity index (χ2n) is 28.0. The van der Waals surface area contributed by atoms with E-state index >= 15 is 0 Å². The molecule has 70 heavy (non-hydrogen) atoms. The smallest absolute Gasteiger partial charge is 0.118 e. The Morgan fingerprint density at radius 3 is 1.20 bits per heavy atom. The summed E-state index contributed by atoms with van der Waals surface area (Å²) in [5, 5.41) is 0. The van der Waals surface area contributed by atoms with E-state index in [0.717, 1.165) is 82.5 Å². The van der Waals surface area contributed by atoms with Gasteiger partial charge in [-0.1, -0.05) is 155 Å². The maximum atomic E-state index is 5.40. The minimum atomic E-state index is 0.453. The first-order valence-electron chi connectivity index (χ1n) is 30.2. The maximum absolute atomic E-state index is 5.40. The van der Waals surface area contributed by atoms with Gasteiger partial charge < -0.3 is 9.47 Å². The zero-order valence-corrected chi connectivity index (χ0v) is 47.2. The lowest BCUT2D eigenvalue weighted by Crippen LogP contribution is -2.50. The summed E-state index contributed by atoms with van der Waals surface area (Å²) in [6, 6.07) is 17.8. The zero-order chi connectivity index (χ0) is 49.6. The molecule has 0 unspecified atom stereocenters. The van der Waals surface area contributed by atoms with Crippen LogP contribution in [0.25, 0.3) is 0 Å². The maximum Gasteiger partial charge on any atom is 0.118 e. The quantitative estimate of drug-likeness (QED) is 0.176. The van der Waals surface area contributed by atoms with E-state index in [0.29, 0.717) is 33.5 Å². The number of fused-ring (bicyclic) bond motifs is 10. The number of allylic oxidation sites excluding steroid dienone is 4. The number of hydrogen-bond donors (Lipinski definition) is 0. The summed E-state index contributed by atoms with van der Waals surface area (Å²) < 4.78 is 10.8. The van der Waals surface area contributed by atoms with Crippen LogP contribution in [0.3, 0.4) is 0 Å². The molecular weight excluding hydrogens is 849 g/mol. The molecule has 16 atom stereocenters. The number of rotatable bonds is 14. The van der Waals surface area contributed by atoms with Crippen molar-refractivity contribution < 1.29 is 9.47 Å². The highest BCUT2D eigenvalue weighted by atomic mass is 16.5. The molecule has 0 amide bonds. The molecule has 0 radical (unpaired) electrons. The van der Waals surface area contributed by atoms with Gasteiger partial charge in [0.05, 0.1) is 14.2 Å². The number of hydrogen-bond acceptors (Lipinski definition) is 2. The van der Waals surface area contributed by atoms with Gasteiger partial charge in [-0.25, -0.2) is 0 Å².